The molecule has 10 heteroatoms. The minimum absolute atomic E-state index is 0.0509. The van der Waals surface area contributed by atoms with Gasteiger partial charge in [0.2, 0.25) is 0 Å². The molecular formula is C48H90NO8P. The Bertz CT molecular complexity index is 1050. The van der Waals surface area contributed by atoms with Gasteiger partial charge >= 0.3 is 19.8 Å². The molecule has 0 aliphatic rings. The molecule has 0 amide bonds. The Balaban J connectivity index is 4.03. The number of phosphoric acid groups is 1. The summed E-state index contributed by atoms with van der Waals surface area (Å²) in [5.74, 6) is -0.840. The molecule has 0 radical (unpaired) electrons. The van der Waals surface area contributed by atoms with Crippen LogP contribution in [0.15, 0.2) is 36.5 Å². The smallest absolute Gasteiger partial charge is 0.462 e. The van der Waals surface area contributed by atoms with E-state index in [9.17, 15) is 19.0 Å². The van der Waals surface area contributed by atoms with E-state index in [0.717, 1.165) is 64.2 Å². The molecule has 2 unspecified atom stereocenters. The molecule has 9 nitrogen and oxygen atoms in total. The van der Waals surface area contributed by atoms with Crippen LogP contribution >= 0.6 is 7.82 Å². The van der Waals surface area contributed by atoms with E-state index in [1.54, 1.807) is 0 Å². The second kappa shape index (κ2) is 44.8. The van der Waals surface area contributed by atoms with Crippen LogP contribution in [-0.2, 0) is 32.7 Å². The second-order valence-corrected chi connectivity index (χ2v) is 17.4. The van der Waals surface area contributed by atoms with Crippen molar-refractivity contribution in [3.8, 4) is 0 Å². The molecule has 0 aromatic carbocycles. The van der Waals surface area contributed by atoms with E-state index in [2.05, 4.69) is 50.3 Å². The zero-order valence-electron chi connectivity index (χ0n) is 37.5. The zero-order valence-corrected chi connectivity index (χ0v) is 38.4. The van der Waals surface area contributed by atoms with Gasteiger partial charge in [0.15, 0.2) is 6.10 Å². The summed E-state index contributed by atoms with van der Waals surface area (Å²) in [7, 11) is -4.38. The Hall–Kier alpha value is -1.77. The molecule has 0 aromatic heterocycles. The number of hydrogen-bond acceptors (Lipinski definition) is 8. The lowest BCUT2D eigenvalue weighted by Gasteiger charge is -2.19. The maximum Gasteiger partial charge on any atom is 0.472 e. The Labute approximate surface area is 356 Å². The molecule has 58 heavy (non-hydrogen) atoms. The Morgan fingerprint density at radius 2 is 0.914 bits per heavy atom. The topological polar surface area (TPSA) is 134 Å². The van der Waals surface area contributed by atoms with E-state index in [0.29, 0.717) is 6.42 Å². The summed E-state index contributed by atoms with van der Waals surface area (Å²) in [4.78, 5) is 34.9. The van der Waals surface area contributed by atoms with Gasteiger partial charge in [-0.3, -0.25) is 18.6 Å². The first-order valence-corrected chi connectivity index (χ1v) is 25.5. The third-order valence-electron chi connectivity index (χ3n) is 10.2. The SMILES string of the molecule is CCCC/C=C\C/C=C\CCCCCCCC(=O)OC(COC(=O)CCCCCCCCCCCCC/C=C\CCCCCCCCCC)COP(=O)(O)OCCN. The number of carbonyl (C=O) groups is 2. The number of phosphoric ester groups is 1. The first-order chi connectivity index (χ1) is 28.3. The van der Waals surface area contributed by atoms with E-state index < -0.39 is 26.5 Å². The number of ether oxygens (including phenoxy) is 2. The first-order valence-electron chi connectivity index (χ1n) is 24.0. The first kappa shape index (κ1) is 56.2. The molecule has 0 aliphatic heterocycles. The molecule has 0 fully saturated rings. The van der Waals surface area contributed by atoms with E-state index in [1.807, 2.05) is 0 Å². The number of esters is 2. The van der Waals surface area contributed by atoms with Crippen LogP contribution in [0.2, 0.25) is 0 Å². The minimum atomic E-state index is -4.38. The zero-order chi connectivity index (χ0) is 42.5. The molecule has 2 atom stereocenters. The van der Waals surface area contributed by atoms with E-state index in [1.165, 1.54) is 128 Å². The predicted molar refractivity (Wildman–Crippen MR) is 243 cm³/mol. The fourth-order valence-corrected chi connectivity index (χ4v) is 7.41. The largest absolute Gasteiger partial charge is 0.472 e. The molecular weight excluding hydrogens is 750 g/mol. The summed E-state index contributed by atoms with van der Waals surface area (Å²) in [5, 5.41) is 0. The van der Waals surface area contributed by atoms with Crippen LogP contribution < -0.4 is 5.73 Å². The lowest BCUT2D eigenvalue weighted by molar-refractivity contribution is -0.161. The number of allylic oxidation sites excluding steroid dienone is 6. The Morgan fingerprint density at radius 3 is 1.38 bits per heavy atom. The van der Waals surface area contributed by atoms with Gasteiger partial charge in [-0.15, -0.1) is 0 Å². The fourth-order valence-electron chi connectivity index (χ4n) is 6.65. The van der Waals surface area contributed by atoms with Crippen LogP contribution in [0.5, 0.6) is 0 Å². The molecule has 0 saturated carbocycles. The van der Waals surface area contributed by atoms with Crippen molar-refractivity contribution in [3.63, 3.8) is 0 Å². The molecule has 0 heterocycles. The van der Waals surface area contributed by atoms with Crippen molar-refractivity contribution in [2.75, 3.05) is 26.4 Å². The monoisotopic (exact) mass is 840 g/mol. The van der Waals surface area contributed by atoms with Crippen molar-refractivity contribution in [1.29, 1.82) is 0 Å². The molecule has 0 rings (SSSR count). The molecule has 0 aromatic rings. The lowest BCUT2D eigenvalue weighted by Crippen LogP contribution is -2.29. The van der Waals surface area contributed by atoms with Crippen molar-refractivity contribution >= 4 is 19.8 Å². The van der Waals surface area contributed by atoms with Crippen LogP contribution in [0.4, 0.5) is 0 Å². The highest BCUT2D eigenvalue weighted by atomic mass is 31.2. The highest BCUT2D eigenvalue weighted by Crippen LogP contribution is 2.43. The van der Waals surface area contributed by atoms with Crippen LogP contribution in [0, 0.1) is 0 Å². The third kappa shape index (κ3) is 43.8. The summed E-state index contributed by atoms with van der Waals surface area (Å²) >= 11 is 0. The number of rotatable bonds is 45. The molecule has 0 spiro atoms. The van der Waals surface area contributed by atoms with E-state index in [4.69, 9.17) is 24.3 Å². The van der Waals surface area contributed by atoms with E-state index >= 15 is 0 Å². The maximum atomic E-state index is 12.6. The van der Waals surface area contributed by atoms with Crippen molar-refractivity contribution in [2.24, 2.45) is 5.73 Å². The van der Waals surface area contributed by atoms with Crippen molar-refractivity contribution in [1.82, 2.24) is 0 Å². The maximum absolute atomic E-state index is 12.6. The molecule has 0 aliphatic carbocycles. The van der Waals surface area contributed by atoms with Gasteiger partial charge < -0.3 is 20.1 Å². The van der Waals surface area contributed by atoms with Gasteiger partial charge in [-0.05, 0) is 64.2 Å². The van der Waals surface area contributed by atoms with Gasteiger partial charge in [0.1, 0.15) is 6.61 Å². The summed E-state index contributed by atoms with van der Waals surface area (Å²) in [6.45, 7) is 3.69. The normalized spacial score (nSPS) is 13.5. The minimum Gasteiger partial charge on any atom is -0.462 e. The summed E-state index contributed by atoms with van der Waals surface area (Å²) < 4.78 is 32.8. The number of nitrogens with two attached hydrogens (primary N) is 1. The molecule has 0 saturated heterocycles. The van der Waals surface area contributed by atoms with Crippen molar-refractivity contribution < 1.29 is 37.6 Å². The second-order valence-electron chi connectivity index (χ2n) is 16.0. The van der Waals surface area contributed by atoms with Crippen molar-refractivity contribution in [2.45, 2.75) is 232 Å². The van der Waals surface area contributed by atoms with Gasteiger partial charge in [0.05, 0.1) is 13.2 Å². The predicted octanol–water partition coefficient (Wildman–Crippen LogP) is 14.1. The number of hydrogen-bond donors (Lipinski definition) is 2. The lowest BCUT2D eigenvalue weighted by atomic mass is 10.0. The van der Waals surface area contributed by atoms with Crippen molar-refractivity contribution in [3.05, 3.63) is 36.5 Å². The molecule has 0 bridgehead atoms. The standard InChI is InChI=1S/C48H90NO8P/c1-3-5-7-9-11-13-15-17-19-20-21-22-23-24-25-26-27-29-30-32-34-36-38-40-47(50)54-44-46(45-56-58(52,53)55-43-42-49)57-48(51)41-39-37-35-33-31-28-18-16-14-12-10-8-6-4-2/h10,12,16,18,20-21,46H,3-9,11,13-15,17,19,22-45,49H2,1-2H3,(H,52,53)/b12-10-,18-16-,21-20-. The number of carbonyl (C=O) groups excluding carboxylic acids is 2. The Kier molecular flexibility index (Phi) is 43.4. The summed E-state index contributed by atoms with van der Waals surface area (Å²) in [6, 6.07) is 0. The van der Waals surface area contributed by atoms with Crippen LogP contribution in [-0.4, -0.2) is 49.3 Å². The van der Waals surface area contributed by atoms with Crippen LogP contribution in [0.25, 0.3) is 0 Å². The fraction of sp³-hybridized carbons (Fsp3) is 0.833. The van der Waals surface area contributed by atoms with Gasteiger partial charge in [-0.25, -0.2) is 4.57 Å². The highest BCUT2D eigenvalue weighted by Gasteiger charge is 2.26. The van der Waals surface area contributed by atoms with Gasteiger partial charge in [0.25, 0.3) is 0 Å². The van der Waals surface area contributed by atoms with Crippen LogP contribution in [0.3, 0.4) is 0 Å². The average Bonchev–Trinajstić information content (AvgIpc) is 3.21. The molecule has 3 N–H and O–H groups in total. The summed E-state index contributed by atoms with van der Waals surface area (Å²) in [6.07, 6.45) is 50.4. The van der Waals surface area contributed by atoms with E-state index in [-0.39, 0.29) is 38.6 Å². The van der Waals surface area contributed by atoms with Gasteiger partial charge in [-0.2, -0.15) is 0 Å². The number of unbranched alkanes of at least 4 members (excludes halogenated alkanes) is 26. The third-order valence-corrected chi connectivity index (χ3v) is 11.2. The quantitative estimate of drug-likeness (QED) is 0.0266. The highest BCUT2D eigenvalue weighted by molar-refractivity contribution is 7.47. The van der Waals surface area contributed by atoms with Gasteiger partial charge in [0, 0.05) is 19.4 Å². The van der Waals surface area contributed by atoms with Gasteiger partial charge in [-0.1, -0.05) is 185 Å². The summed E-state index contributed by atoms with van der Waals surface area (Å²) in [5.41, 5.74) is 5.35. The Morgan fingerprint density at radius 1 is 0.517 bits per heavy atom. The average molecular weight is 840 g/mol. The molecule has 340 valence electrons. The van der Waals surface area contributed by atoms with Crippen LogP contribution in [0.1, 0.15) is 226 Å².